The first-order chi connectivity index (χ1) is 19.1. The lowest BCUT2D eigenvalue weighted by Crippen LogP contribution is -2.71. The quantitative estimate of drug-likeness (QED) is 0.0896. The van der Waals surface area contributed by atoms with E-state index in [0.717, 1.165) is 47.9 Å². The number of nitrogens with zero attached hydrogens (tertiary/aromatic N) is 4. The molecule has 0 atom stereocenters. The topological polar surface area (TPSA) is 155 Å². The molecule has 0 saturated heterocycles. The summed E-state index contributed by atoms with van der Waals surface area (Å²) in [5.74, 6) is 4.47. The van der Waals surface area contributed by atoms with Gasteiger partial charge < -0.3 is 20.9 Å². The molecule has 2 bridgehead atoms. The molecule has 0 unspecified atom stereocenters. The zero-order chi connectivity index (χ0) is 28.7. The van der Waals surface area contributed by atoms with E-state index in [0.29, 0.717) is 19.6 Å². The number of rotatable bonds is 12. The first-order valence-electron chi connectivity index (χ1n) is 12.4. The Balaban J connectivity index is 1.16. The van der Waals surface area contributed by atoms with Crippen molar-refractivity contribution in [2.24, 2.45) is 10.9 Å². The van der Waals surface area contributed by atoms with Crippen LogP contribution in [-0.4, -0.2) is 59.0 Å². The number of benzene rings is 1. The lowest BCUT2D eigenvalue weighted by Gasteiger charge is -2.24. The van der Waals surface area contributed by atoms with Crippen LogP contribution < -0.4 is 26.9 Å². The summed E-state index contributed by atoms with van der Waals surface area (Å²) in [6.45, 7) is 1.28. The minimum absolute atomic E-state index is 0.0558. The van der Waals surface area contributed by atoms with Gasteiger partial charge in [0.1, 0.15) is 23.4 Å². The summed E-state index contributed by atoms with van der Waals surface area (Å²) in [5, 5.41) is 12.3. The van der Waals surface area contributed by atoms with Crippen LogP contribution in [0.15, 0.2) is 57.9 Å². The van der Waals surface area contributed by atoms with Gasteiger partial charge in [-0.05, 0) is 36.8 Å². The van der Waals surface area contributed by atoms with Gasteiger partial charge in [-0.25, -0.2) is 4.99 Å². The van der Waals surface area contributed by atoms with Crippen molar-refractivity contribution in [3.05, 3.63) is 65.2 Å². The molecule has 0 aliphatic carbocycles. The molecular formula is C25H29F3N9O3+. The predicted octanol–water partition coefficient (Wildman–Crippen LogP) is -0.0283. The van der Waals surface area contributed by atoms with E-state index < -0.39 is 23.6 Å². The van der Waals surface area contributed by atoms with Gasteiger partial charge in [-0.2, -0.15) is 18.3 Å². The Morgan fingerprint density at radius 2 is 2.02 bits per heavy atom. The van der Waals surface area contributed by atoms with E-state index >= 15 is 0 Å². The van der Waals surface area contributed by atoms with E-state index in [1.807, 2.05) is 18.2 Å². The number of amides is 2. The van der Waals surface area contributed by atoms with E-state index in [1.165, 1.54) is 6.21 Å². The zero-order valence-electron chi connectivity index (χ0n) is 21.6. The molecule has 12 nitrogen and oxygen atoms in total. The normalized spacial score (nSPS) is 14.7. The van der Waals surface area contributed by atoms with Crippen LogP contribution in [0.4, 0.5) is 13.2 Å². The largest absolute Gasteiger partial charge is 0.457 e. The fraction of sp³-hybridized carbons (Fsp3) is 0.320. The molecule has 3 aromatic heterocycles. The van der Waals surface area contributed by atoms with Gasteiger partial charge in [-0.3, -0.25) is 25.0 Å². The Morgan fingerprint density at radius 1 is 1.20 bits per heavy atom. The van der Waals surface area contributed by atoms with Crippen molar-refractivity contribution in [1.82, 2.24) is 31.2 Å². The molecule has 0 spiro atoms. The number of aromatic nitrogens is 1. The number of furan rings is 2. The van der Waals surface area contributed by atoms with Crippen molar-refractivity contribution in [2.45, 2.75) is 32.1 Å². The SMILES string of the molecule is CN1NC(C(=O)NCc2cc(C(F)(F)F)ccn2)=CN1CCCC[NH+]=CC(=NN)C(=O)NCc1cc2ccc1o2. The van der Waals surface area contributed by atoms with E-state index in [-0.39, 0.29) is 23.6 Å². The summed E-state index contributed by atoms with van der Waals surface area (Å²) in [4.78, 5) is 31.7. The molecule has 0 radical (unpaired) electrons. The van der Waals surface area contributed by atoms with Crippen LogP contribution >= 0.6 is 0 Å². The number of fused-ring (bicyclic) bond motifs is 2. The highest BCUT2D eigenvalue weighted by Crippen LogP contribution is 2.29. The summed E-state index contributed by atoms with van der Waals surface area (Å²) < 4.78 is 44.0. The molecule has 0 aromatic carbocycles. The number of carbonyl (C=O) groups excluding carboxylic acids is 2. The molecule has 4 heterocycles. The minimum Gasteiger partial charge on any atom is -0.457 e. The first-order valence-corrected chi connectivity index (χ1v) is 12.4. The number of pyridine rings is 1. The Kier molecular flexibility index (Phi) is 8.83. The molecule has 40 heavy (non-hydrogen) atoms. The lowest BCUT2D eigenvalue weighted by molar-refractivity contribution is -0.450. The second-order valence-electron chi connectivity index (χ2n) is 8.93. The maximum absolute atomic E-state index is 12.9. The number of hydrazone groups is 1. The molecule has 0 saturated carbocycles. The van der Waals surface area contributed by atoms with Crippen molar-refractivity contribution >= 4 is 34.9 Å². The maximum atomic E-state index is 12.9. The summed E-state index contributed by atoms with van der Waals surface area (Å²) in [5.41, 5.74) is 4.81. The monoisotopic (exact) mass is 560 g/mol. The van der Waals surface area contributed by atoms with E-state index in [1.54, 1.807) is 23.4 Å². The van der Waals surface area contributed by atoms with Crippen LogP contribution in [0.2, 0.25) is 0 Å². The first kappa shape index (κ1) is 28.4. The van der Waals surface area contributed by atoms with Crippen LogP contribution in [0, 0.1) is 0 Å². The number of halogens is 3. The number of alkyl halides is 3. The highest BCUT2D eigenvalue weighted by Gasteiger charge is 2.30. The Hall–Kier alpha value is -4.66. The van der Waals surface area contributed by atoms with Crippen molar-refractivity contribution < 1.29 is 32.2 Å². The average Bonchev–Trinajstić information content (AvgIpc) is 3.66. The molecule has 3 aromatic rings. The molecule has 2 amide bonds. The maximum Gasteiger partial charge on any atom is 0.416 e. The standard InChI is InChI=1S/C25H28F3N9O3/c1-36-35-21(24(39)33-13-18-11-17(6-8-31-18)25(26,27)28)15-37(36)9-3-2-7-30-14-20(34-29)23(38)32-12-16-10-19-4-5-22(16)40-19/h4-6,8,10-11,14-15,35H,2-3,7,9,12-13,29H2,1H3,(H,32,38)(H,33,39)/p+1. The third-order valence-electron chi connectivity index (χ3n) is 6.03. The highest BCUT2D eigenvalue weighted by molar-refractivity contribution is 6.59. The number of hydrogen-bond donors (Lipinski definition) is 5. The number of nitrogens with one attached hydrogen (secondary N) is 4. The fourth-order valence-corrected chi connectivity index (χ4v) is 3.93. The number of hydrogen-bond acceptors (Lipinski definition) is 9. The van der Waals surface area contributed by atoms with Gasteiger partial charge in [0.15, 0.2) is 6.21 Å². The van der Waals surface area contributed by atoms with Gasteiger partial charge in [-0.1, -0.05) is 0 Å². The Labute approximate surface area is 227 Å². The Bertz CT molecular complexity index is 1420. The van der Waals surface area contributed by atoms with Gasteiger partial charge in [0, 0.05) is 44.5 Å². The molecule has 4 rings (SSSR count). The van der Waals surface area contributed by atoms with Gasteiger partial charge in [0.2, 0.25) is 5.71 Å². The lowest BCUT2D eigenvalue weighted by atomic mass is 10.2. The second-order valence-corrected chi connectivity index (χ2v) is 8.93. The molecule has 15 heteroatoms. The van der Waals surface area contributed by atoms with E-state index in [4.69, 9.17) is 10.3 Å². The molecule has 1 aliphatic heterocycles. The highest BCUT2D eigenvalue weighted by atomic mass is 19.4. The minimum atomic E-state index is -4.48. The van der Waals surface area contributed by atoms with Gasteiger partial charge in [0.05, 0.1) is 17.8 Å². The summed E-state index contributed by atoms with van der Waals surface area (Å²) >= 11 is 0. The molecule has 0 fully saturated rings. The summed E-state index contributed by atoms with van der Waals surface area (Å²) in [6.07, 6.45) is 1.12. The van der Waals surface area contributed by atoms with Crippen molar-refractivity contribution in [3.8, 4) is 0 Å². The van der Waals surface area contributed by atoms with Crippen LogP contribution in [0.3, 0.4) is 0 Å². The Morgan fingerprint density at radius 3 is 2.73 bits per heavy atom. The third kappa shape index (κ3) is 7.25. The number of hydrazine groups is 2. The van der Waals surface area contributed by atoms with Crippen LogP contribution in [0.5, 0.6) is 0 Å². The average molecular weight is 561 g/mol. The summed E-state index contributed by atoms with van der Waals surface area (Å²) in [7, 11) is 1.73. The molecule has 212 valence electrons. The fourth-order valence-electron chi connectivity index (χ4n) is 3.93. The van der Waals surface area contributed by atoms with Crippen molar-refractivity contribution in [3.63, 3.8) is 0 Å². The van der Waals surface area contributed by atoms with Crippen molar-refractivity contribution in [2.75, 3.05) is 20.1 Å². The second kappa shape index (κ2) is 12.5. The van der Waals surface area contributed by atoms with Crippen LogP contribution in [-0.2, 0) is 28.9 Å². The number of nitrogens with two attached hydrogens (primary N) is 1. The number of carbonyl (C=O) groups is 2. The van der Waals surface area contributed by atoms with Gasteiger partial charge >= 0.3 is 6.18 Å². The smallest absolute Gasteiger partial charge is 0.416 e. The van der Waals surface area contributed by atoms with Crippen LogP contribution in [0.25, 0.3) is 11.2 Å². The van der Waals surface area contributed by atoms with Crippen molar-refractivity contribution in [1.29, 1.82) is 0 Å². The third-order valence-corrected chi connectivity index (χ3v) is 6.03. The van der Waals surface area contributed by atoms with Gasteiger partial charge in [0.25, 0.3) is 11.8 Å². The molecule has 1 aliphatic rings. The van der Waals surface area contributed by atoms with E-state index in [2.05, 4.69) is 31.1 Å². The zero-order valence-corrected chi connectivity index (χ0v) is 21.6. The molecular weight excluding hydrogens is 531 g/mol. The van der Waals surface area contributed by atoms with E-state index in [9.17, 15) is 22.8 Å². The predicted molar refractivity (Wildman–Crippen MR) is 139 cm³/mol. The van der Waals surface area contributed by atoms with Gasteiger partial charge in [-0.15, -0.1) is 5.12 Å². The van der Waals surface area contributed by atoms with Crippen LogP contribution in [0.1, 0.15) is 29.7 Å². The molecule has 6 N–H and O–H groups in total. The number of unbranched alkanes of at least 4 members (excludes halogenated alkanes) is 1. The summed E-state index contributed by atoms with van der Waals surface area (Å²) in [6, 6.07) is 7.32.